The molecule has 0 spiro atoms. The molecule has 0 aliphatic rings. The summed E-state index contributed by atoms with van der Waals surface area (Å²) in [5.41, 5.74) is -0.0891. The van der Waals surface area contributed by atoms with Crippen molar-refractivity contribution in [3.05, 3.63) is 58.7 Å². The molecule has 1 aromatic heterocycles. The van der Waals surface area contributed by atoms with Gasteiger partial charge in [-0.05, 0) is 24.4 Å². The molecule has 0 saturated heterocycles. The van der Waals surface area contributed by atoms with Crippen LogP contribution in [-0.4, -0.2) is 15.5 Å². The number of pyridine rings is 1. The van der Waals surface area contributed by atoms with Crippen LogP contribution in [0.2, 0.25) is 0 Å². The smallest absolute Gasteiger partial charge is 0.258 e. The van der Waals surface area contributed by atoms with E-state index in [1.807, 2.05) is 24.3 Å². The van der Waals surface area contributed by atoms with Gasteiger partial charge in [0.1, 0.15) is 0 Å². The molecule has 0 aliphatic heterocycles. The van der Waals surface area contributed by atoms with Crippen molar-refractivity contribution < 1.29 is 9.90 Å². The lowest BCUT2D eigenvalue weighted by Crippen LogP contribution is -2.19. The summed E-state index contributed by atoms with van der Waals surface area (Å²) in [6.45, 7) is 1.72. The molecule has 2 aromatic rings. The van der Waals surface area contributed by atoms with Gasteiger partial charge in [-0.1, -0.05) is 18.2 Å². The average Bonchev–Trinajstić information content (AvgIpc) is 2.37. The van der Waals surface area contributed by atoms with Gasteiger partial charge in [-0.3, -0.25) is 9.59 Å². The number of hydrogen-bond donors (Lipinski definition) is 1. The van der Waals surface area contributed by atoms with Gasteiger partial charge in [-0.25, -0.2) is 0 Å². The molecule has 0 amide bonds. The van der Waals surface area contributed by atoms with Crippen LogP contribution in [0, 0.1) is 0 Å². The Labute approximate surface area is 110 Å². The molecular weight excluding hydrogens is 242 g/mol. The van der Waals surface area contributed by atoms with E-state index >= 15 is 0 Å². The van der Waals surface area contributed by atoms with Crippen molar-refractivity contribution >= 4 is 16.6 Å². The van der Waals surface area contributed by atoms with Gasteiger partial charge in [-0.2, -0.15) is 0 Å². The zero-order valence-electron chi connectivity index (χ0n) is 10.7. The molecule has 1 aromatic carbocycles. The largest absolute Gasteiger partial charge is 0.512 e. The van der Waals surface area contributed by atoms with Crippen molar-refractivity contribution in [2.45, 2.75) is 19.9 Å². The number of aliphatic hydroxyl groups is 1. The number of ketones is 1. The van der Waals surface area contributed by atoms with Gasteiger partial charge in [0, 0.05) is 30.6 Å². The Morgan fingerprint density at radius 3 is 2.79 bits per heavy atom. The Bertz CT molecular complexity index is 698. The summed E-state index contributed by atoms with van der Waals surface area (Å²) >= 11 is 0. The summed E-state index contributed by atoms with van der Waals surface area (Å²) in [7, 11) is 0. The van der Waals surface area contributed by atoms with Gasteiger partial charge < -0.3 is 9.67 Å². The lowest BCUT2D eigenvalue weighted by atomic mass is 10.2. The maximum atomic E-state index is 12.2. The van der Waals surface area contributed by atoms with Gasteiger partial charge in [0.05, 0.1) is 5.76 Å². The molecule has 2 rings (SSSR count). The number of aliphatic hydroxyl groups excluding tert-OH is 1. The summed E-state index contributed by atoms with van der Waals surface area (Å²) in [5, 5.41) is 11.1. The summed E-state index contributed by atoms with van der Waals surface area (Å²) < 4.78 is 1.53. The highest BCUT2D eigenvalue weighted by molar-refractivity contribution is 5.87. The van der Waals surface area contributed by atoms with Gasteiger partial charge in [-0.15, -0.1) is 0 Å². The maximum absolute atomic E-state index is 12.2. The number of rotatable bonds is 4. The summed E-state index contributed by atoms with van der Waals surface area (Å²) in [6.07, 6.45) is 3.13. The highest BCUT2D eigenvalue weighted by atomic mass is 16.3. The van der Waals surface area contributed by atoms with Crippen molar-refractivity contribution in [2.75, 3.05) is 0 Å². The standard InChI is InChI=1S/C15H15NO3/c1-11(17)10-13(18)7-9-16-8-6-12-4-2-3-5-14(12)15(16)19/h2-6,8,10,18H,7,9H2,1H3/b13-10-. The molecule has 0 saturated carbocycles. The molecule has 19 heavy (non-hydrogen) atoms. The average molecular weight is 257 g/mol. The Morgan fingerprint density at radius 2 is 2.05 bits per heavy atom. The first-order chi connectivity index (χ1) is 9.08. The second kappa shape index (κ2) is 5.52. The monoisotopic (exact) mass is 257 g/mol. The van der Waals surface area contributed by atoms with Crippen LogP contribution in [0.15, 0.2) is 53.2 Å². The van der Waals surface area contributed by atoms with E-state index in [0.29, 0.717) is 11.9 Å². The van der Waals surface area contributed by atoms with Crippen LogP contribution in [0.4, 0.5) is 0 Å². The summed E-state index contributed by atoms with van der Waals surface area (Å²) in [5.74, 6) is -0.212. The van der Waals surface area contributed by atoms with Crippen LogP contribution in [0.1, 0.15) is 13.3 Å². The SMILES string of the molecule is CC(=O)/C=C(\O)CCn1ccc2ccccc2c1=O. The third-order valence-electron chi connectivity index (χ3n) is 2.86. The van der Waals surface area contributed by atoms with E-state index in [1.165, 1.54) is 17.6 Å². The van der Waals surface area contributed by atoms with Crippen LogP contribution in [-0.2, 0) is 11.3 Å². The fourth-order valence-electron chi connectivity index (χ4n) is 1.95. The zero-order chi connectivity index (χ0) is 13.8. The minimum Gasteiger partial charge on any atom is -0.512 e. The van der Waals surface area contributed by atoms with Crippen molar-refractivity contribution in [1.29, 1.82) is 0 Å². The second-order valence-corrected chi connectivity index (χ2v) is 4.40. The first kappa shape index (κ1) is 13.1. The highest BCUT2D eigenvalue weighted by Gasteiger charge is 2.03. The molecule has 0 bridgehead atoms. The number of aryl methyl sites for hydroxylation is 1. The second-order valence-electron chi connectivity index (χ2n) is 4.40. The van der Waals surface area contributed by atoms with E-state index in [1.54, 1.807) is 12.3 Å². The quantitative estimate of drug-likeness (QED) is 0.676. The summed E-state index contributed by atoms with van der Waals surface area (Å²) in [6, 6.07) is 9.23. The number of hydrogen-bond acceptors (Lipinski definition) is 3. The van der Waals surface area contributed by atoms with Crippen LogP contribution in [0.3, 0.4) is 0 Å². The molecule has 1 heterocycles. The molecule has 4 nitrogen and oxygen atoms in total. The maximum Gasteiger partial charge on any atom is 0.258 e. The highest BCUT2D eigenvalue weighted by Crippen LogP contribution is 2.08. The fraction of sp³-hybridized carbons (Fsp3) is 0.200. The van der Waals surface area contributed by atoms with E-state index < -0.39 is 0 Å². The third-order valence-corrected chi connectivity index (χ3v) is 2.86. The Balaban J connectivity index is 2.25. The molecular formula is C15H15NO3. The van der Waals surface area contributed by atoms with Crippen LogP contribution in [0.5, 0.6) is 0 Å². The first-order valence-electron chi connectivity index (χ1n) is 6.06. The lowest BCUT2D eigenvalue weighted by Gasteiger charge is -2.06. The third kappa shape index (κ3) is 3.10. The molecule has 1 N–H and O–H groups in total. The van der Waals surface area contributed by atoms with E-state index in [0.717, 1.165) is 5.39 Å². The number of aromatic nitrogens is 1. The Kier molecular flexibility index (Phi) is 3.80. The van der Waals surface area contributed by atoms with Crippen molar-refractivity contribution in [2.24, 2.45) is 0 Å². The molecule has 0 unspecified atom stereocenters. The number of allylic oxidation sites excluding steroid dienone is 2. The number of carbonyl (C=O) groups excluding carboxylic acids is 1. The predicted octanol–water partition coefficient (Wildman–Crippen LogP) is 2.42. The topological polar surface area (TPSA) is 59.3 Å². The van der Waals surface area contributed by atoms with E-state index in [-0.39, 0.29) is 23.5 Å². The van der Waals surface area contributed by atoms with Crippen molar-refractivity contribution in [3.8, 4) is 0 Å². The number of carbonyl (C=O) groups is 1. The zero-order valence-corrected chi connectivity index (χ0v) is 10.7. The minimum atomic E-state index is -0.205. The molecule has 0 aliphatic carbocycles. The van der Waals surface area contributed by atoms with Gasteiger partial charge >= 0.3 is 0 Å². The Hall–Kier alpha value is -2.36. The normalized spacial score (nSPS) is 11.7. The van der Waals surface area contributed by atoms with Crippen LogP contribution in [0.25, 0.3) is 10.8 Å². The van der Waals surface area contributed by atoms with Crippen LogP contribution >= 0.6 is 0 Å². The molecule has 0 radical (unpaired) electrons. The van der Waals surface area contributed by atoms with Gasteiger partial charge in [0.2, 0.25) is 0 Å². The van der Waals surface area contributed by atoms with Gasteiger partial charge in [0.25, 0.3) is 5.56 Å². The Morgan fingerprint density at radius 1 is 1.32 bits per heavy atom. The minimum absolute atomic E-state index is 0.00689. The molecule has 0 fully saturated rings. The predicted molar refractivity (Wildman–Crippen MR) is 74.2 cm³/mol. The fourth-order valence-corrected chi connectivity index (χ4v) is 1.95. The number of fused-ring (bicyclic) bond motifs is 1. The van der Waals surface area contributed by atoms with E-state index in [4.69, 9.17) is 0 Å². The molecule has 0 atom stereocenters. The van der Waals surface area contributed by atoms with E-state index in [2.05, 4.69) is 0 Å². The number of nitrogens with zero attached hydrogens (tertiary/aromatic N) is 1. The van der Waals surface area contributed by atoms with Crippen molar-refractivity contribution in [1.82, 2.24) is 4.57 Å². The number of benzene rings is 1. The molecule has 4 heteroatoms. The molecule has 98 valence electrons. The van der Waals surface area contributed by atoms with E-state index in [9.17, 15) is 14.7 Å². The first-order valence-corrected chi connectivity index (χ1v) is 6.06. The van der Waals surface area contributed by atoms with Crippen molar-refractivity contribution in [3.63, 3.8) is 0 Å². The summed E-state index contributed by atoms with van der Waals surface area (Å²) in [4.78, 5) is 23.0. The lowest BCUT2D eigenvalue weighted by molar-refractivity contribution is -0.112. The van der Waals surface area contributed by atoms with Crippen LogP contribution < -0.4 is 5.56 Å². The van der Waals surface area contributed by atoms with Gasteiger partial charge in [0.15, 0.2) is 5.78 Å².